The average Bonchev–Trinajstić information content (AvgIpc) is 2.79. The Morgan fingerprint density at radius 3 is 1.58 bits per heavy atom. The fourth-order valence-electron chi connectivity index (χ4n) is 3.41. The Morgan fingerprint density at radius 1 is 0.548 bits per heavy atom. The van der Waals surface area contributed by atoms with Gasteiger partial charge < -0.3 is 14.2 Å². The van der Waals surface area contributed by atoms with Crippen LogP contribution in [0.1, 0.15) is 0 Å². The van der Waals surface area contributed by atoms with Crippen molar-refractivity contribution in [2.24, 2.45) is 41.4 Å². The molecule has 0 spiro atoms. The topological polar surface area (TPSA) is 263 Å². The van der Waals surface area contributed by atoms with Crippen molar-refractivity contribution in [1.29, 1.82) is 0 Å². The summed E-state index contributed by atoms with van der Waals surface area (Å²) in [6.07, 6.45) is -8.24. The van der Waals surface area contributed by atoms with E-state index in [-0.39, 0.29) is 0 Å². The van der Waals surface area contributed by atoms with E-state index < -0.39 is 74.1 Å². The van der Waals surface area contributed by atoms with E-state index in [1.165, 1.54) is 0 Å². The summed E-state index contributed by atoms with van der Waals surface area (Å²) in [6.45, 7) is -1.41. The van der Waals surface area contributed by atoms with Gasteiger partial charge in [-0.3, -0.25) is 0 Å². The minimum atomic E-state index is -1.84. The van der Waals surface area contributed by atoms with Crippen molar-refractivity contribution in [2.45, 2.75) is 61.0 Å². The summed E-state index contributed by atoms with van der Waals surface area (Å²) < 4.78 is 15.9. The van der Waals surface area contributed by atoms with E-state index in [0.717, 1.165) is 0 Å². The molecule has 2 heterocycles. The van der Waals surface area contributed by atoms with Gasteiger partial charge in [-0.15, -0.1) is 4.91 Å². The van der Waals surface area contributed by atoms with E-state index in [4.69, 9.17) is 14.2 Å². The third-order valence-corrected chi connectivity index (χ3v) is 4.84. The van der Waals surface area contributed by atoms with Crippen molar-refractivity contribution < 1.29 is 14.2 Å². The summed E-state index contributed by atoms with van der Waals surface area (Å²) in [5.74, 6) is 0. The van der Waals surface area contributed by atoms with Gasteiger partial charge in [0.05, 0.1) is 0 Å². The molecule has 0 aromatic heterocycles. The first-order valence-electron chi connectivity index (χ1n) is 8.54. The second-order valence-corrected chi connectivity index (χ2v) is 6.42. The summed E-state index contributed by atoms with van der Waals surface area (Å²) in [5.41, 5.74) is 0. The minimum absolute atomic E-state index is 0.695. The highest BCUT2D eigenvalue weighted by Crippen LogP contribution is 2.34. The van der Waals surface area contributed by atoms with Crippen LogP contribution in [0.25, 0.3) is 0 Å². The molecule has 0 N–H and O–H groups in total. The fourth-order valence-corrected chi connectivity index (χ4v) is 3.41. The van der Waals surface area contributed by atoms with Gasteiger partial charge >= 0.3 is 0 Å². The fraction of sp³-hybridized carbons (Fsp3) is 1.00. The van der Waals surface area contributed by atoms with E-state index in [1.807, 2.05) is 0 Å². The van der Waals surface area contributed by atoms with Gasteiger partial charge in [0.1, 0.15) is 37.4 Å². The number of hydrogen-bond donors (Lipinski definition) is 0. The van der Waals surface area contributed by atoms with Crippen LogP contribution < -0.4 is 0 Å². The highest BCUT2D eigenvalue weighted by atomic mass is 16.7. The predicted octanol–water partition coefficient (Wildman–Crippen LogP) is 0.796. The first-order valence-corrected chi connectivity index (χ1v) is 8.54. The summed E-state index contributed by atoms with van der Waals surface area (Å²) >= 11 is 0. The van der Waals surface area contributed by atoms with Crippen molar-refractivity contribution >= 4 is 0 Å². The molecule has 0 bridgehead atoms. The molecule has 19 heteroatoms. The predicted molar refractivity (Wildman–Crippen MR) is 97.2 cm³/mol. The number of hydrogen-bond acceptors (Lipinski definition) is 19. The normalized spacial score (nSPS) is 40.1. The molecule has 2 rings (SSSR count). The molecule has 2 saturated heterocycles. The van der Waals surface area contributed by atoms with Gasteiger partial charge in [-0.25, -0.2) is 0 Å². The molecule has 0 aromatic rings. The molecule has 0 radical (unpaired) electrons. The minimum Gasteiger partial charge on any atom is -0.343 e. The maximum atomic E-state index is 11.4. The van der Waals surface area contributed by atoms with E-state index in [9.17, 15) is 39.3 Å². The van der Waals surface area contributed by atoms with Gasteiger partial charge in [0.15, 0.2) is 30.5 Å². The zero-order chi connectivity index (χ0) is 23.0. The lowest BCUT2D eigenvalue weighted by atomic mass is 9.92. The van der Waals surface area contributed by atoms with Gasteiger partial charge in [0.25, 0.3) is 0 Å². The molecule has 2 fully saturated rings. The van der Waals surface area contributed by atoms with E-state index >= 15 is 0 Å². The third-order valence-electron chi connectivity index (χ3n) is 4.84. The zero-order valence-corrected chi connectivity index (χ0v) is 15.3. The van der Waals surface area contributed by atoms with Gasteiger partial charge in [0.2, 0.25) is 6.23 Å². The summed E-state index contributed by atoms with van der Waals surface area (Å²) in [7, 11) is 0. The van der Waals surface area contributed by atoms with Crippen LogP contribution in [0.3, 0.4) is 0 Å². The Kier molecular flexibility index (Phi) is 8.63. The van der Waals surface area contributed by atoms with Gasteiger partial charge in [-0.2, -0.15) is 34.3 Å². The molecule has 0 aromatic carbocycles. The van der Waals surface area contributed by atoms with Crippen LogP contribution in [0.15, 0.2) is 41.4 Å². The van der Waals surface area contributed by atoms with Crippen molar-refractivity contribution in [3.05, 3.63) is 39.3 Å². The lowest BCUT2D eigenvalue weighted by molar-refractivity contribution is -0.262. The molecule has 2 aliphatic rings. The largest absolute Gasteiger partial charge is 0.343 e. The molecule has 19 nitrogen and oxygen atoms in total. The van der Waals surface area contributed by atoms with Gasteiger partial charge in [-0.05, 0) is 5.18 Å². The van der Waals surface area contributed by atoms with Crippen LogP contribution in [0.2, 0.25) is 0 Å². The van der Waals surface area contributed by atoms with E-state index in [0.29, 0.717) is 0 Å². The van der Waals surface area contributed by atoms with Crippen LogP contribution in [0, 0.1) is 39.3 Å². The molecular weight excluding hydrogens is 432 g/mol. The summed E-state index contributed by atoms with van der Waals surface area (Å²) in [6, 6.07) is -8.68. The van der Waals surface area contributed by atoms with Crippen molar-refractivity contribution in [2.75, 3.05) is 13.1 Å². The van der Waals surface area contributed by atoms with Crippen LogP contribution in [-0.2, 0) is 14.2 Å². The molecule has 0 amide bonds. The average molecular weight is 446 g/mol. The second kappa shape index (κ2) is 11.2. The Labute approximate surface area is 170 Å². The molecule has 10 atom stereocenters. The van der Waals surface area contributed by atoms with Gasteiger partial charge in [0, 0.05) is 0 Å². The molecule has 0 saturated carbocycles. The number of rotatable bonds is 12. The highest BCUT2D eigenvalue weighted by Gasteiger charge is 2.55. The van der Waals surface area contributed by atoms with Crippen molar-refractivity contribution in [1.82, 2.24) is 0 Å². The standard InChI is InChI=1S/C12H14N8O11/c21-13-1-3-5(15-23)6(16-24)9(19-27)12(30-3)31-10-4(2-14-22)29-11(20-28)8(18-26)7(10)17-25/h3-12H,1-2H2/t3-,4?,5?,6?,7?,8?,9?,10?,11?,12?/m0/s1. The zero-order valence-electron chi connectivity index (χ0n) is 15.3. The lowest BCUT2D eigenvalue weighted by Crippen LogP contribution is -2.62. The summed E-state index contributed by atoms with van der Waals surface area (Å²) in [4.78, 5) is 88.5. The van der Waals surface area contributed by atoms with E-state index in [2.05, 4.69) is 41.4 Å². The molecule has 9 unspecified atom stereocenters. The van der Waals surface area contributed by atoms with Crippen molar-refractivity contribution in [3.8, 4) is 0 Å². The second-order valence-electron chi connectivity index (χ2n) is 6.42. The third kappa shape index (κ3) is 4.72. The number of ether oxygens (including phenoxy) is 3. The monoisotopic (exact) mass is 446 g/mol. The van der Waals surface area contributed by atoms with Crippen LogP contribution >= 0.6 is 0 Å². The van der Waals surface area contributed by atoms with Crippen LogP contribution in [0.4, 0.5) is 0 Å². The molecule has 0 aliphatic carbocycles. The molecular formula is C12H14N8O11. The van der Waals surface area contributed by atoms with Crippen molar-refractivity contribution in [3.63, 3.8) is 0 Å². The number of nitroso groups, excluding NO2 is 8. The summed E-state index contributed by atoms with van der Waals surface area (Å²) in [5, 5.41) is 20.8. The maximum absolute atomic E-state index is 11.4. The SMILES string of the molecule is O=NCC1OC(N=O)C(N=O)C(N=O)C1OC1O[C@@H](CN=O)C(N=O)C(N=O)C1N=O. The van der Waals surface area contributed by atoms with E-state index in [1.54, 1.807) is 0 Å². The Hall–Kier alpha value is -3.32. The highest BCUT2D eigenvalue weighted by molar-refractivity contribution is 5.05. The lowest BCUT2D eigenvalue weighted by Gasteiger charge is -2.43. The Morgan fingerprint density at radius 2 is 1.10 bits per heavy atom. The van der Waals surface area contributed by atoms with Crippen LogP contribution in [-0.4, -0.2) is 74.1 Å². The first kappa shape index (κ1) is 24.0. The van der Waals surface area contributed by atoms with Gasteiger partial charge in [-0.1, -0.05) is 36.2 Å². The smallest absolute Gasteiger partial charge is 0.218 e. The maximum Gasteiger partial charge on any atom is 0.218 e. The molecule has 2 aliphatic heterocycles. The van der Waals surface area contributed by atoms with Crippen LogP contribution in [0.5, 0.6) is 0 Å². The molecule has 31 heavy (non-hydrogen) atoms. The first-order chi connectivity index (χ1) is 15.0. The number of nitrogens with zero attached hydrogens (tertiary/aromatic N) is 8. The quantitative estimate of drug-likeness (QED) is 0.378. The Bertz CT molecular complexity index is 727. The molecule has 168 valence electrons. The Balaban J connectivity index is 2.41.